The molecule has 0 saturated heterocycles. The van der Waals surface area contributed by atoms with Gasteiger partial charge in [0.2, 0.25) is 0 Å². The highest BCUT2D eigenvalue weighted by atomic mass is 35.5. The lowest BCUT2D eigenvalue weighted by Gasteiger charge is -2.30. The van der Waals surface area contributed by atoms with Crippen molar-refractivity contribution in [2.45, 2.75) is 38.3 Å². The van der Waals surface area contributed by atoms with Crippen LogP contribution in [-0.2, 0) is 16.8 Å². The summed E-state index contributed by atoms with van der Waals surface area (Å²) in [6.45, 7) is 5.32. The minimum atomic E-state index is -1.20. The van der Waals surface area contributed by atoms with Crippen LogP contribution in [0, 0.1) is 11.6 Å². The normalized spacial score (nSPS) is 16.5. The van der Waals surface area contributed by atoms with E-state index in [2.05, 4.69) is 10.6 Å². The first kappa shape index (κ1) is 26.4. The van der Waals surface area contributed by atoms with Crippen LogP contribution in [-0.4, -0.2) is 31.2 Å². The van der Waals surface area contributed by atoms with E-state index >= 15 is 4.39 Å². The van der Waals surface area contributed by atoms with Crippen LogP contribution in [0.2, 0.25) is 5.02 Å². The van der Waals surface area contributed by atoms with Crippen molar-refractivity contribution in [2.75, 3.05) is 13.7 Å². The van der Waals surface area contributed by atoms with Gasteiger partial charge in [0.05, 0.1) is 5.56 Å². The molecule has 0 radical (unpaired) electrons. The van der Waals surface area contributed by atoms with Crippen LogP contribution in [0.1, 0.15) is 42.3 Å². The molecule has 0 saturated carbocycles. The third-order valence-corrected chi connectivity index (χ3v) is 6.33. The first-order valence-corrected chi connectivity index (χ1v) is 12.0. The van der Waals surface area contributed by atoms with Crippen LogP contribution in [0.5, 0.6) is 5.75 Å². The van der Waals surface area contributed by atoms with E-state index < -0.39 is 34.8 Å². The Morgan fingerprint density at radius 1 is 1.05 bits per heavy atom. The zero-order chi connectivity index (χ0) is 27.0. The molecule has 9 heteroatoms. The SMILES string of the molecule is CNC(=O)c1ccc(F)c(F)c1-c1c(Cl)ccc2c1CC(COC(=O)NC(C)(C)C)(c1ccccc1)O2. The molecule has 1 atom stereocenters. The van der Waals surface area contributed by atoms with Crippen LogP contribution >= 0.6 is 11.6 Å². The fourth-order valence-corrected chi connectivity index (χ4v) is 4.66. The predicted octanol–water partition coefficient (Wildman–Crippen LogP) is 6.00. The number of carbonyl (C=O) groups is 2. The van der Waals surface area contributed by atoms with Crippen LogP contribution in [0.4, 0.5) is 13.6 Å². The van der Waals surface area contributed by atoms with Crippen LogP contribution in [0.15, 0.2) is 54.6 Å². The number of fused-ring (bicyclic) bond motifs is 1. The standard InChI is InChI=1S/C28H27ClF2N2O4/c1-27(2,3)33-26(35)36-15-28(16-8-6-5-7-9-16)14-18-21(37-28)13-11-19(29)22(18)23-17(25(34)32-4)10-12-20(30)24(23)31/h5-13H,14-15H2,1-4H3,(H,32,34)(H,33,35). The van der Waals surface area contributed by atoms with Crippen molar-refractivity contribution in [3.63, 3.8) is 0 Å². The van der Waals surface area contributed by atoms with E-state index in [0.29, 0.717) is 16.9 Å². The van der Waals surface area contributed by atoms with E-state index in [9.17, 15) is 14.0 Å². The molecule has 37 heavy (non-hydrogen) atoms. The number of hydrogen-bond acceptors (Lipinski definition) is 4. The summed E-state index contributed by atoms with van der Waals surface area (Å²) in [7, 11) is 1.40. The van der Waals surface area contributed by atoms with E-state index in [-0.39, 0.29) is 34.7 Å². The van der Waals surface area contributed by atoms with Crippen LogP contribution in [0.3, 0.4) is 0 Å². The molecule has 1 unspecified atom stereocenters. The fourth-order valence-electron chi connectivity index (χ4n) is 4.38. The second-order valence-electron chi connectivity index (χ2n) is 9.85. The number of halogens is 3. The number of benzene rings is 3. The largest absolute Gasteiger partial charge is 0.478 e. The molecule has 3 aromatic rings. The number of nitrogens with one attached hydrogen (secondary N) is 2. The van der Waals surface area contributed by atoms with Gasteiger partial charge in [0.25, 0.3) is 5.91 Å². The van der Waals surface area contributed by atoms with Gasteiger partial charge < -0.3 is 20.1 Å². The summed E-state index contributed by atoms with van der Waals surface area (Å²) in [6, 6.07) is 14.4. The lowest BCUT2D eigenvalue weighted by atomic mass is 9.86. The van der Waals surface area contributed by atoms with Gasteiger partial charge in [-0.3, -0.25) is 4.79 Å². The second kappa shape index (κ2) is 10.0. The van der Waals surface area contributed by atoms with Gasteiger partial charge in [-0.25, -0.2) is 13.6 Å². The van der Waals surface area contributed by atoms with Crippen molar-refractivity contribution in [3.8, 4) is 16.9 Å². The van der Waals surface area contributed by atoms with Crippen LogP contribution in [0.25, 0.3) is 11.1 Å². The predicted molar refractivity (Wildman–Crippen MR) is 137 cm³/mol. The molecule has 3 aromatic carbocycles. The lowest BCUT2D eigenvalue weighted by molar-refractivity contribution is 0.0102. The van der Waals surface area contributed by atoms with Crippen molar-refractivity contribution in [3.05, 3.63) is 87.9 Å². The Morgan fingerprint density at radius 2 is 1.76 bits per heavy atom. The quantitative estimate of drug-likeness (QED) is 0.426. The smallest absolute Gasteiger partial charge is 0.407 e. The van der Waals surface area contributed by atoms with Gasteiger partial charge in [-0.1, -0.05) is 41.9 Å². The number of hydrogen-bond donors (Lipinski definition) is 2. The molecule has 2 amide bonds. The first-order valence-electron chi connectivity index (χ1n) is 11.7. The third-order valence-electron chi connectivity index (χ3n) is 6.02. The molecule has 0 aromatic heterocycles. The summed E-state index contributed by atoms with van der Waals surface area (Å²) < 4.78 is 41.7. The van der Waals surface area contributed by atoms with E-state index in [0.717, 1.165) is 6.07 Å². The van der Waals surface area contributed by atoms with Crippen molar-refractivity contribution in [1.82, 2.24) is 10.6 Å². The molecular weight excluding hydrogens is 502 g/mol. The molecule has 4 rings (SSSR count). The minimum Gasteiger partial charge on any atom is -0.478 e. The Balaban J connectivity index is 1.84. The maximum atomic E-state index is 15.3. The molecule has 194 valence electrons. The van der Waals surface area contributed by atoms with Crippen molar-refractivity contribution in [2.24, 2.45) is 0 Å². The summed E-state index contributed by atoms with van der Waals surface area (Å²) in [4.78, 5) is 25.1. The van der Waals surface area contributed by atoms with Crippen molar-refractivity contribution >= 4 is 23.6 Å². The highest BCUT2D eigenvalue weighted by Crippen LogP contribution is 2.49. The molecule has 0 spiro atoms. The number of amides is 2. The summed E-state index contributed by atoms with van der Waals surface area (Å²) in [5, 5.41) is 5.32. The molecule has 1 heterocycles. The highest BCUT2D eigenvalue weighted by molar-refractivity contribution is 6.34. The number of ether oxygens (including phenoxy) is 2. The van der Waals surface area contributed by atoms with Gasteiger partial charge in [-0.15, -0.1) is 0 Å². The Labute approximate surface area is 218 Å². The van der Waals surface area contributed by atoms with Crippen molar-refractivity contribution in [1.29, 1.82) is 0 Å². The lowest BCUT2D eigenvalue weighted by Crippen LogP contribution is -2.44. The molecule has 0 fully saturated rings. The molecule has 0 aliphatic carbocycles. The highest BCUT2D eigenvalue weighted by Gasteiger charge is 2.45. The molecule has 2 N–H and O–H groups in total. The summed E-state index contributed by atoms with van der Waals surface area (Å²) in [5.41, 5.74) is -0.701. The maximum absolute atomic E-state index is 15.3. The van der Waals surface area contributed by atoms with E-state index in [1.54, 1.807) is 6.07 Å². The monoisotopic (exact) mass is 528 g/mol. The molecule has 1 aliphatic heterocycles. The van der Waals surface area contributed by atoms with Gasteiger partial charge in [0.15, 0.2) is 17.2 Å². The summed E-state index contributed by atoms with van der Waals surface area (Å²) in [6.07, 6.45) is -0.507. The fraction of sp³-hybridized carbons (Fsp3) is 0.286. The number of alkyl carbamates (subject to hydrolysis) is 1. The van der Waals surface area contributed by atoms with E-state index in [4.69, 9.17) is 21.1 Å². The summed E-state index contributed by atoms with van der Waals surface area (Å²) >= 11 is 6.55. The average molecular weight is 529 g/mol. The van der Waals surface area contributed by atoms with E-state index in [1.807, 2.05) is 51.1 Å². The Bertz CT molecular complexity index is 1360. The topological polar surface area (TPSA) is 76.7 Å². The first-order chi connectivity index (χ1) is 17.5. The Morgan fingerprint density at radius 3 is 2.41 bits per heavy atom. The molecule has 1 aliphatic rings. The average Bonchev–Trinajstić information content (AvgIpc) is 3.24. The van der Waals surface area contributed by atoms with Crippen LogP contribution < -0.4 is 15.4 Å². The zero-order valence-electron chi connectivity index (χ0n) is 20.9. The zero-order valence-corrected chi connectivity index (χ0v) is 21.6. The van der Waals surface area contributed by atoms with Gasteiger partial charge in [-0.05, 0) is 50.6 Å². The van der Waals surface area contributed by atoms with Gasteiger partial charge in [0, 0.05) is 40.7 Å². The third kappa shape index (κ3) is 5.25. The summed E-state index contributed by atoms with van der Waals surface area (Å²) in [5.74, 6) is -2.56. The second-order valence-corrected chi connectivity index (χ2v) is 10.3. The number of rotatable bonds is 5. The van der Waals surface area contributed by atoms with Gasteiger partial charge in [0.1, 0.15) is 12.4 Å². The minimum absolute atomic E-state index is 0.0743. The molecular formula is C28H27ClF2N2O4. The Hall–Kier alpha value is -3.65. The maximum Gasteiger partial charge on any atom is 0.407 e. The molecule has 6 nitrogen and oxygen atoms in total. The van der Waals surface area contributed by atoms with Crippen molar-refractivity contribution < 1.29 is 27.8 Å². The van der Waals surface area contributed by atoms with Gasteiger partial charge in [-0.2, -0.15) is 0 Å². The number of carbonyl (C=O) groups excluding carboxylic acids is 2. The molecule has 0 bridgehead atoms. The Kier molecular flexibility index (Phi) is 7.15. The van der Waals surface area contributed by atoms with E-state index in [1.165, 1.54) is 19.2 Å². The van der Waals surface area contributed by atoms with Gasteiger partial charge >= 0.3 is 6.09 Å².